The third-order valence-corrected chi connectivity index (χ3v) is 5.24. The van der Waals surface area contributed by atoms with Gasteiger partial charge in [-0.15, -0.1) is 0 Å². The van der Waals surface area contributed by atoms with E-state index in [4.69, 9.17) is 4.74 Å². The number of nitrogens with zero attached hydrogens (tertiary/aromatic N) is 2. The van der Waals surface area contributed by atoms with Crippen LogP contribution in [0.5, 0.6) is 5.75 Å². The van der Waals surface area contributed by atoms with Crippen LogP contribution in [0.25, 0.3) is 0 Å². The zero-order chi connectivity index (χ0) is 22.1. The molecule has 2 rings (SSSR count). The Morgan fingerprint density at radius 3 is 2.53 bits per heavy atom. The summed E-state index contributed by atoms with van der Waals surface area (Å²) in [5.74, 6) is 1.93. The van der Waals surface area contributed by atoms with E-state index in [0.29, 0.717) is 17.9 Å². The molecule has 2 atom stereocenters. The van der Waals surface area contributed by atoms with Crippen molar-refractivity contribution in [2.75, 3.05) is 40.3 Å². The van der Waals surface area contributed by atoms with Crippen LogP contribution >= 0.6 is 0 Å². The molecule has 1 aliphatic heterocycles. The van der Waals surface area contributed by atoms with Crippen LogP contribution in [0.2, 0.25) is 0 Å². The van der Waals surface area contributed by atoms with Gasteiger partial charge in [-0.3, -0.25) is 9.69 Å². The Balaban J connectivity index is 2.04. The fraction of sp³-hybridized carbons (Fsp3) is 0.652. The van der Waals surface area contributed by atoms with Gasteiger partial charge in [0.15, 0.2) is 5.96 Å². The Morgan fingerprint density at radius 1 is 1.23 bits per heavy atom. The lowest BCUT2D eigenvalue weighted by molar-refractivity contribution is -0.121. The Bertz CT molecular complexity index is 697. The highest BCUT2D eigenvalue weighted by molar-refractivity contribution is 5.85. The van der Waals surface area contributed by atoms with Crippen molar-refractivity contribution in [3.05, 3.63) is 29.8 Å². The summed E-state index contributed by atoms with van der Waals surface area (Å²) in [5.41, 5.74) is 1.05. The normalized spacial score (nSPS) is 20.5. The number of likely N-dealkylation sites (tertiary alicyclic amines) is 1. The van der Waals surface area contributed by atoms with E-state index < -0.39 is 0 Å². The maximum absolute atomic E-state index is 12.1. The number of aliphatic imine (C=N–C) groups is 1. The number of carbonyl (C=O) groups excluding carboxylic acids is 1. The van der Waals surface area contributed by atoms with E-state index in [2.05, 4.69) is 45.0 Å². The SMILES string of the molecule is CCNC(=NCC(=O)NC(C)(C)C)NCC1CCCN(C)C1c1ccc(OC)cc1. The summed E-state index contributed by atoms with van der Waals surface area (Å²) < 4.78 is 5.31. The molecule has 168 valence electrons. The van der Waals surface area contributed by atoms with Gasteiger partial charge in [-0.1, -0.05) is 12.1 Å². The molecule has 7 heteroatoms. The second-order valence-corrected chi connectivity index (χ2v) is 8.98. The fourth-order valence-corrected chi connectivity index (χ4v) is 3.98. The predicted molar refractivity (Wildman–Crippen MR) is 123 cm³/mol. The van der Waals surface area contributed by atoms with Crippen molar-refractivity contribution in [1.82, 2.24) is 20.9 Å². The summed E-state index contributed by atoms with van der Waals surface area (Å²) in [6.07, 6.45) is 2.33. The standard InChI is InChI=1S/C23H39N5O2/c1-7-24-22(26-16-20(29)27-23(2,3)4)25-15-18-9-8-14-28(5)21(18)17-10-12-19(30-6)13-11-17/h10-13,18,21H,7-9,14-16H2,1-6H3,(H,27,29)(H2,24,25,26). The van der Waals surface area contributed by atoms with Gasteiger partial charge >= 0.3 is 0 Å². The van der Waals surface area contributed by atoms with Gasteiger partial charge in [0.1, 0.15) is 12.3 Å². The van der Waals surface area contributed by atoms with Crippen LogP contribution in [-0.4, -0.2) is 62.6 Å². The number of amides is 1. The van der Waals surface area contributed by atoms with Crippen molar-refractivity contribution in [2.45, 2.75) is 52.1 Å². The number of nitrogens with one attached hydrogen (secondary N) is 3. The number of guanidine groups is 1. The molecule has 30 heavy (non-hydrogen) atoms. The van der Waals surface area contributed by atoms with Gasteiger partial charge in [-0.25, -0.2) is 4.99 Å². The zero-order valence-electron chi connectivity index (χ0n) is 19.4. The molecule has 1 fully saturated rings. The molecule has 7 nitrogen and oxygen atoms in total. The molecule has 0 radical (unpaired) electrons. The number of hydrogen-bond donors (Lipinski definition) is 3. The molecule has 1 heterocycles. The van der Waals surface area contributed by atoms with Gasteiger partial charge in [-0.2, -0.15) is 0 Å². The average Bonchev–Trinajstić information content (AvgIpc) is 2.69. The molecule has 2 unspecified atom stereocenters. The topological polar surface area (TPSA) is 78.0 Å². The first-order chi connectivity index (χ1) is 14.2. The maximum atomic E-state index is 12.1. The average molecular weight is 418 g/mol. The largest absolute Gasteiger partial charge is 0.497 e. The van der Waals surface area contributed by atoms with Gasteiger partial charge < -0.3 is 20.7 Å². The smallest absolute Gasteiger partial charge is 0.242 e. The highest BCUT2D eigenvalue weighted by Gasteiger charge is 2.30. The summed E-state index contributed by atoms with van der Waals surface area (Å²) in [6.45, 7) is 10.7. The van der Waals surface area contributed by atoms with E-state index in [-0.39, 0.29) is 18.0 Å². The van der Waals surface area contributed by atoms with E-state index in [1.165, 1.54) is 12.0 Å². The molecule has 3 N–H and O–H groups in total. The molecule has 0 aliphatic carbocycles. The first-order valence-corrected chi connectivity index (χ1v) is 10.9. The van der Waals surface area contributed by atoms with Crippen molar-refractivity contribution >= 4 is 11.9 Å². The molecule has 1 amide bonds. The number of benzene rings is 1. The molecule has 1 saturated heterocycles. The lowest BCUT2D eigenvalue weighted by Gasteiger charge is -2.40. The zero-order valence-corrected chi connectivity index (χ0v) is 19.4. The first-order valence-electron chi connectivity index (χ1n) is 10.9. The molecular weight excluding hydrogens is 378 g/mol. The molecular formula is C23H39N5O2. The highest BCUT2D eigenvalue weighted by Crippen LogP contribution is 2.35. The molecule has 1 aromatic rings. The number of hydrogen-bond acceptors (Lipinski definition) is 4. The van der Waals surface area contributed by atoms with Crippen molar-refractivity contribution in [3.63, 3.8) is 0 Å². The van der Waals surface area contributed by atoms with Crippen LogP contribution in [0.3, 0.4) is 0 Å². The number of ether oxygens (including phenoxy) is 1. The van der Waals surface area contributed by atoms with Gasteiger partial charge in [0.05, 0.1) is 7.11 Å². The highest BCUT2D eigenvalue weighted by atomic mass is 16.5. The lowest BCUT2D eigenvalue weighted by Crippen LogP contribution is -2.46. The van der Waals surface area contributed by atoms with E-state index in [0.717, 1.165) is 31.8 Å². The van der Waals surface area contributed by atoms with E-state index in [9.17, 15) is 4.79 Å². The lowest BCUT2D eigenvalue weighted by atomic mass is 9.85. The van der Waals surface area contributed by atoms with Crippen LogP contribution in [0, 0.1) is 5.92 Å². The summed E-state index contributed by atoms with van der Waals surface area (Å²) in [5, 5.41) is 9.66. The predicted octanol–water partition coefficient (Wildman–Crippen LogP) is 2.55. The third-order valence-electron chi connectivity index (χ3n) is 5.24. The minimum atomic E-state index is -0.253. The molecule has 0 saturated carbocycles. The van der Waals surface area contributed by atoms with Crippen LogP contribution in [-0.2, 0) is 4.79 Å². The second kappa shape index (κ2) is 11.2. The van der Waals surface area contributed by atoms with E-state index in [1.54, 1.807) is 7.11 Å². The van der Waals surface area contributed by atoms with Crippen LogP contribution < -0.4 is 20.7 Å². The monoisotopic (exact) mass is 417 g/mol. The Labute approximate surface area is 181 Å². The fourth-order valence-electron chi connectivity index (χ4n) is 3.98. The molecule has 1 aromatic carbocycles. The quantitative estimate of drug-likeness (QED) is 0.469. The van der Waals surface area contributed by atoms with Crippen LogP contribution in [0.4, 0.5) is 0 Å². The second-order valence-electron chi connectivity index (χ2n) is 8.98. The maximum Gasteiger partial charge on any atom is 0.242 e. The van der Waals surface area contributed by atoms with Crippen molar-refractivity contribution in [1.29, 1.82) is 0 Å². The van der Waals surface area contributed by atoms with Crippen LogP contribution in [0.1, 0.15) is 52.1 Å². The van der Waals surface area contributed by atoms with Gasteiger partial charge in [0, 0.05) is 24.7 Å². The molecule has 0 spiro atoms. The summed E-state index contributed by atoms with van der Waals surface area (Å²) in [7, 11) is 3.88. The molecule has 1 aliphatic rings. The number of carbonyl (C=O) groups is 1. The summed E-state index contributed by atoms with van der Waals surface area (Å²) in [6, 6.07) is 8.72. The third kappa shape index (κ3) is 7.52. The van der Waals surface area contributed by atoms with E-state index in [1.807, 2.05) is 39.8 Å². The molecule has 0 aromatic heterocycles. The Kier molecular flexibility index (Phi) is 8.96. The number of rotatable bonds is 7. The molecule has 0 bridgehead atoms. The van der Waals surface area contributed by atoms with Gasteiger partial charge in [0.2, 0.25) is 5.91 Å². The number of methoxy groups -OCH3 is 1. The van der Waals surface area contributed by atoms with Crippen molar-refractivity contribution in [2.24, 2.45) is 10.9 Å². The summed E-state index contributed by atoms with van der Waals surface area (Å²) in [4.78, 5) is 19.0. The Hall–Kier alpha value is -2.28. The van der Waals surface area contributed by atoms with Crippen molar-refractivity contribution in [3.8, 4) is 5.75 Å². The Morgan fingerprint density at radius 2 is 1.93 bits per heavy atom. The number of piperidine rings is 1. The van der Waals surface area contributed by atoms with Crippen molar-refractivity contribution < 1.29 is 9.53 Å². The minimum absolute atomic E-state index is 0.0757. The van der Waals surface area contributed by atoms with Crippen LogP contribution in [0.15, 0.2) is 29.3 Å². The minimum Gasteiger partial charge on any atom is -0.497 e. The van der Waals surface area contributed by atoms with Gasteiger partial charge in [0.25, 0.3) is 0 Å². The van der Waals surface area contributed by atoms with Gasteiger partial charge in [-0.05, 0) is 77.7 Å². The summed E-state index contributed by atoms with van der Waals surface area (Å²) >= 11 is 0. The van der Waals surface area contributed by atoms with E-state index >= 15 is 0 Å². The first kappa shape index (κ1) is 24.0.